The van der Waals surface area contributed by atoms with E-state index in [0.29, 0.717) is 12.1 Å². The topological polar surface area (TPSA) is 45.2 Å². The zero-order chi connectivity index (χ0) is 17.8. The number of aromatic nitrogens is 1. The molecule has 0 radical (unpaired) electrons. The van der Waals surface area contributed by atoms with Gasteiger partial charge in [-0.2, -0.15) is 0 Å². The van der Waals surface area contributed by atoms with Crippen LogP contribution in [0.2, 0.25) is 0 Å². The maximum Gasteiger partial charge on any atom is 0.253 e. The average molecular weight is 335 g/mol. The number of nitrogens with zero attached hydrogens (tertiary/aromatic N) is 2. The van der Waals surface area contributed by atoms with Gasteiger partial charge in [0.05, 0.1) is 16.6 Å². The minimum Gasteiger partial charge on any atom is -0.351 e. The highest BCUT2D eigenvalue weighted by atomic mass is 16.1. The van der Waals surface area contributed by atoms with Crippen LogP contribution in [0.15, 0.2) is 42.5 Å². The van der Waals surface area contributed by atoms with E-state index >= 15 is 0 Å². The van der Waals surface area contributed by atoms with E-state index in [1.807, 2.05) is 30.3 Å². The van der Waals surface area contributed by atoms with Gasteiger partial charge < -0.3 is 10.2 Å². The number of fused-ring (bicyclic) bond motifs is 2. The molecule has 1 amide bonds. The van der Waals surface area contributed by atoms with Crippen LogP contribution < -0.4 is 5.32 Å². The van der Waals surface area contributed by atoms with Crippen molar-refractivity contribution in [3.63, 3.8) is 0 Å². The minimum absolute atomic E-state index is 0.0586. The van der Waals surface area contributed by atoms with Crippen molar-refractivity contribution in [3.8, 4) is 0 Å². The predicted octanol–water partition coefficient (Wildman–Crippen LogP) is 3.77. The van der Waals surface area contributed by atoms with Gasteiger partial charge in [-0.1, -0.05) is 37.6 Å². The van der Waals surface area contributed by atoms with E-state index < -0.39 is 0 Å². The second kappa shape index (κ2) is 7.62. The maximum absolute atomic E-state index is 12.6. The fourth-order valence-corrected chi connectivity index (χ4v) is 3.13. The molecule has 0 bridgehead atoms. The van der Waals surface area contributed by atoms with Crippen LogP contribution in [0.1, 0.15) is 29.8 Å². The maximum atomic E-state index is 12.6. The van der Waals surface area contributed by atoms with Crippen molar-refractivity contribution in [2.75, 3.05) is 26.2 Å². The zero-order valence-corrected chi connectivity index (χ0v) is 15.2. The van der Waals surface area contributed by atoms with Crippen molar-refractivity contribution in [2.45, 2.75) is 20.8 Å². The van der Waals surface area contributed by atoms with Gasteiger partial charge in [0.25, 0.3) is 5.91 Å². The van der Waals surface area contributed by atoms with E-state index in [1.54, 1.807) is 0 Å². The first-order valence-corrected chi connectivity index (χ1v) is 8.93. The number of benzene rings is 2. The number of nitrogens with one attached hydrogen (secondary N) is 1. The lowest BCUT2D eigenvalue weighted by atomic mass is 10.1. The van der Waals surface area contributed by atoms with Gasteiger partial charge in [0, 0.05) is 23.9 Å². The van der Waals surface area contributed by atoms with Gasteiger partial charge in [0.2, 0.25) is 0 Å². The Balaban J connectivity index is 1.88. The number of pyridine rings is 1. The number of amides is 1. The summed E-state index contributed by atoms with van der Waals surface area (Å²) in [7, 11) is 0. The Morgan fingerprint density at radius 2 is 1.88 bits per heavy atom. The van der Waals surface area contributed by atoms with Crippen molar-refractivity contribution < 1.29 is 4.79 Å². The van der Waals surface area contributed by atoms with E-state index in [1.165, 1.54) is 5.56 Å². The lowest BCUT2D eigenvalue weighted by Crippen LogP contribution is -2.34. The lowest BCUT2D eigenvalue weighted by molar-refractivity contribution is 0.0950. The molecule has 0 aliphatic rings. The third-order valence-corrected chi connectivity index (χ3v) is 4.65. The Morgan fingerprint density at radius 1 is 1.08 bits per heavy atom. The van der Waals surface area contributed by atoms with Crippen LogP contribution in [0.4, 0.5) is 0 Å². The fraction of sp³-hybridized carbons (Fsp3) is 0.333. The molecule has 0 aliphatic heterocycles. The van der Waals surface area contributed by atoms with E-state index in [0.717, 1.165) is 41.4 Å². The van der Waals surface area contributed by atoms with Gasteiger partial charge in [0.1, 0.15) is 0 Å². The van der Waals surface area contributed by atoms with Crippen LogP contribution >= 0.6 is 0 Å². The second-order valence-electron chi connectivity index (χ2n) is 6.34. The largest absolute Gasteiger partial charge is 0.351 e. The molecule has 1 N–H and O–H groups in total. The average Bonchev–Trinajstić information content (AvgIpc) is 2.63. The van der Waals surface area contributed by atoms with Crippen LogP contribution in [0.5, 0.6) is 0 Å². The molecular weight excluding hydrogens is 310 g/mol. The molecule has 1 heterocycles. The summed E-state index contributed by atoms with van der Waals surface area (Å²) in [4.78, 5) is 19.7. The van der Waals surface area contributed by atoms with Crippen molar-refractivity contribution in [1.82, 2.24) is 15.2 Å². The summed E-state index contributed by atoms with van der Waals surface area (Å²) in [5.41, 5.74) is 3.53. The molecule has 0 saturated carbocycles. The summed E-state index contributed by atoms with van der Waals surface area (Å²) in [5, 5.41) is 5.13. The highest BCUT2D eigenvalue weighted by Gasteiger charge is 2.12. The molecule has 0 fully saturated rings. The molecule has 0 aliphatic carbocycles. The fourth-order valence-electron chi connectivity index (χ4n) is 3.13. The first-order valence-electron chi connectivity index (χ1n) is 8.93. The molecule has 25 heavy (non-hydrogen) atoms. The number of para-hydroxylation sites is 1. The second-order valence-corrected chi connectivity index (χ2v) is 6.34. The van der Waals surface area contributed by atoms with E-state index in [4.69, 9.17) is 4.98 Å². The summed E-state index contributed by atoms with van der Waals surface area (Å²) in [6.45, 7) is 9.83. The quantitative estimate of drug-likeness (QED) is 0.698. The van der Waals surface area contributed by atoms with Gasteiger partial charge in [-0.15, -0.1) is 0 Å². The van der Waals surface area contributed by atoms with Gasteiger partial charge in [-0.3, -0.25) is 4.79 Å². The van der Waals surface area contributed by atoms with Crippen molar-refractivity contribution in [3.05, 3.63) is 53.6 Å². The number of aryl methyl sites for hydroxylation is 1. The Kier molecular flexibility index (Phi) is 5.29. The van der Waals surface area contributed by atoms with Crippen molar-refractivity contribution in [1.29, 1.82) is 0 Å². The number of carbonyl (C=O) groups excluding carboxylic acids is 1. The number of hydrogen-bond donors (Lipinski definition) is 1. The lowest BCUT2D eigenvalue weighted by Gasteiger charge is -2.18. The first kappa shape index (κ1) is 17.4. The monoisotopic (exact) mass is 335 g/mol. The molecule has 1 aromatic heterocycles. The van der Waals surface area contributed by atoms with E-state index in [9.17, 15) is 4.79 Å². The smallest absolute Gasteiger partial charge is 0.253 e. The van der Waals surface area contributed by atoms with Crippen molar-refractivity contribution >= 4 is 27.7 Å². The zero-order valence-electron chi connectivity index (χ0n) is 15.2. The summed E-state index contributed by atoms with van der Waals surface area (Å²) in [5.74, 6) is -0.0586. The summed E-state index contributed by atoms with van der Waals surface area (Å²) in [6, 6.07) is 14.1. The van der Waals surface area contributed by atoms with Crippen LogP contribution in [0.25, 0.3) is 21.8 Å². The Labute approximate surface area is 148 Å². The molecule has 0 saturated heterocycles. The van der Waals surface area contributed by atoms with E-state index in [-0.39, 0.29) is 5.91 Å². The minimum atomic E-state index is -0.0586. The van der Waals surface area contributed by atoms with Crippen LogP contribution in [0.3, 0.4) is 0 Å². The molecule has 4 heteroatoms. The van der Waals surface area contributed by atoms with Crippen LogP contribution in [-0.2, 0) is 0 Å². The highest BCUT2D eigenvalue weighted by Crippen LogP contribution is 2.23. The molecule has 2 aromatic carbocycles. The van der Waals surface area contributed by atoms with Gasteiger partial charge in [-0.25, -0.2) is 4.98 Å². The first-order chi connectivity index (χ1) is 12.1. The van der Waals surface area contributed by atoms with Crippen molar-refractivity contribution in [2.24, 2.45) is 0 Å². The number of likely N-dealkylation sites (N-methyl/N-ethyl adjacent to an activating group) is 1. The number of rotatable bonds is 6. The molecule has 130 valence electrons. The third-order valence-electron chi connectivity index (χ3n) is 4.65. The number of carbonyl (C=O) groups is 1. The normalized spacial score (nSPS) is 11.4. The molecule has 0 atom stereocenters. The standard InChI is InChI=1S/C21H25N3O/c1-4-24(5-2)12-11-22-21(25)18-8-6-7-16-14-17-13-15(3)9-10-19(17)23-20(16)18/h6-10,13-14H,4-5,11-12H2,1-3H3,(H,22,25). The SMILES string of the molecule is CCN(CC)CCNC(=O)c1cccc2cc3cc(C)ccc3nc12. The van der Waals surface area contributed by atoms with Gasteiger partial charge in [0.15, 0.2) is 0 Å². The summed E-state index contributed by atoms with van der Waals surface area (Å²) < 4.78 is 0. The Bertz CT molecular complexity index is 900. The van der Waals surface area contributed by atoms with Crippen LogP contribution in [-0.4, -0.2) is 42.0 Å². The molecule has 3 rings (SSSR count). The van der Waals surface area contributed by atoms with Gasteiger partial charge in [-0.05, 0) is 44.3 Å². The third kappa shape index (κ3) is 3.80. The predicted molar refractivity (Wildman–Crippen MR) is 104 cm³/mol. The number of hydrogen-bond acceptors (Lipinski definition) is 3. The molecule has 0 spiro atoms. The summed E-state index contributed by atoms with van der Waals surface area (Å²) in [6.07, 6.45) is 0. The molecule has 4 nitrogen and oxygen atoms in total. The summed E-state index contributed by atoms with van der Waals surface area (Å²) >= 11 is 0. The molecule has 0 unspecified atom stereocenters. The molecule has 3 aromatic rings. The highest BCUT2D eigenvalue weighted by molar-refractivity contribution is 6.07. The Morgan fingerprint density at radius 3 is 2.64 bits per heavy atom. The Hall–Kier alpha value is -2.46. The van der Waals surface area contributed by atoms with E-state index in [2.05, 4.69) is 43.1 Å². The van der Waals surface area contributed by atoms with Gasteiger partial charge >= 0.3 is 0 Å². The molecular formula is C21H25N3O. The van der Waals surface area contributed by atoms with Crippen LogP contribution in [0, 0.1) is 6.92 Å².